The minimum atomic E-state index is -0.440. The Hall–Kier alpha value is -1.39. The van der Waals surface area contributed by atoms with Gasteiger partial charge in [0.2, 0.25) is 5.91 Å². The highest BCUT2D eigenvalue weighted by atomic mass is 16.3. The number of nitrogens with two attached hydrogens (primary N) is 1. The molecule has 3 N–H and O–H groups in total. The summed E-state index contributed by atoms with van der Waals surface area (Å²) in [5, 5.41) is 9.14. The van der Waals surface area contributed by atoms with E-state index in [0.29, 0.717) is 12.8 Å². The molecule has 1 amide bonds. The van der Waals surface area contributed by atoms with Gasteiger partial charge >= 0.3 is 0 Å². The van der Waals surface area contributed by atoms with Crippen LogP contribution in [0.5, 0.6) is 0 Å². The monoisotopic (exact) mass is 290 g/mol. The lowest BCUT2D eigenvalue weighted by Gasteiger charge is -2.37. The van der Waals surface area contributed by atoms with E-state index in [1.165, 1.54) is 5.56 Å². The van der Waals surface area contributed by atoms with Gasteiger partial charge in [-0.1, -0.05) is 30.3 Å². The van der Waals surface area contributed by atoms with Crippen LogP contribution in [0.4, 0.5) is 0 Å². The van der Waals surface area contributed by atoms with Crippen molar-refractivity contribution < 1.29 is 9.90 Å². The molecular formula is C17H26N2O2. The van der Waals surface area contributed by atoms with E-state index in [0.717, 1.165) is 32.2 Å². The van der Waals surface area contributed by atoms with E-state index in [1.807, 2.05) is 23.1 Å². The van der Waals surface area contributed by atoms with Crippen molar-refractivity contribution in [3.05, 3.63) is 35.9 Å². The number of hydrogen-bond donors (Lipinski definition) is 2. The summed E-state index contributed by atoms with van der Waals surface area (Å²) in [7, 11) is 0. The quantitative estimate of drug-likeness (QED) is 0.838. The minimum absolute atomic E-state index is 0.0454. The second-order valence-electron chi connectivity index (χ2n) is 5.82. The predicted octanol–water partition coefficient (Wildman–Crippen LogP) is 1.71. The Bertz CT molecular complexity index is 434. The maximum Gasteiger partial charge on any atom is 0.239 e. The number of carbonyl (C=O) groups is 1. The number of hydrogen-bond acceptors (Lipinski definition) is 3. The van der Waals surface area contributed by atoms with Crippen LogP contribution in [0, 0.1) is 0 Å². The summed E-state index contributed by atoms with van der Waals surface area (Å²) in [6.07, 6.45) is 5.32. The van der Waals surface area contributed by atoms with Gasteiger partial charge in [0, 0.05) is 19.2 Å². The number of amides is 1. The molecule has 0 aromatic heterocycles. The van der Waals surface area contributed by atoms with Crippen molar-refractivity contribution in [3.8, 4) is 0 Å². The molecule has 0 saturated carbocycles. The second kappa shape index (κ2) is 8.15. The average molecular weight is 290 g/mol. The summed E-state index contributed by atoms with van der Waals surface area (Å²) in [4.78, 5) is 14.4. The molecule has 1 aliphatic rings. The van der Waals surface area contributed by atoms with Gasteiger partial charge in [-0.2, -0.15) is 0 Å². The maximum absolute atomic E-state index is 12.5. The van der Waals surface area contributed by atoms with Gasteiger partial charge in [-0.15, -0.1) is 0 Å². The summed E-state index contributed by atoms with van der Waals surface area (Å²) in [5.74, 6) is 0.0454. The van der Waals surface area contributed by atoms with Crippen molar-refractivity contribution in [1.82, 2.24) is 4.90 Å². The van der Waals surface area contributed by atoms with Gasteiger partial charge in [-0.05, 0) is 44.1 Å². The highest BCUT2D eigenvalue weighted by Gasteiger charge is 2.29. The number of rotatable bonds is 6. The van der Waals surface area contributed by atoms with Gasteiger partial charge < -0.3 is 15.7 Å². The Morgan fingerprint density at radius 2 is 2.10 bits per heavy atom. The first-order valence-electron chi connectivity index (χ1n) is 7.93. The van der Waals surface area contributed by atoms with Crippen LogP contribution >= 0.6 is 0 Å². The minimum Gasteiger partial charge on any atom is -0.396 e. The zero-order valence-electron chi connectivity index (χ0n) is 12.6. The largest absolute Gasteiger partial charge is 0.396 e. The van der Waals surface area contributed by atoms with Crippen LogP contribution in [-0.4, -0.2) is 41.1 Å². The fourth-order valence-electron chi connectivity index (χ4n) is 3.04. The lowest BCUT2D eigenvalue weighted by Crippen LogP contribution is -2.51. The number of likely N-dealkylation sites (tertiary alicyclic amines) is 1. The molecular weight excluding hydrogens is 264 g/mol. The van der Waals surface area contributed by atoms with Gasteiger partial charge in [-0.3, -0.25) is 4.79 Å². The summed E-state index contributed by atoms with van der Waals surface area (Å²) < 4.78 is 0. The number of piperidine rings is 1. The Kier molecular flexibility index (Phi) is 6.21. The molecule has 1 heterocycles. The molecule has 116 valence electrons. The highest BCUT2D eigenvalue weighted by Crippen LogP contribution is 2.20. The van der Waals surface area contributed by atoms with Crippen molar-refractivity contribution in [3.63, 3.8) is 0 Å². The molecule has 2 rings (SSSR count). The molecule has 0 spiro atoms. The SMILES string of the molecule is N[C@@H](CCc1ccccc1)C(=O)N1CCCCC1CCO. The van der Waals surface area contributed by atoms with E-state index in [2.05, 4.69) is 12.1 Å². The molecule has 4 nitrogen and oxygen atoms in total. The van der Waals surface area contributed by atoms with E-state index in [9.17, 15) is 4.79 Å². The molecule has 1 aromatic rings. The second-order valence-corrected chi connectivity index (χ2v) is 5.82. The van der Waals surface area contributed by atoms with Crippen LogP contribution in [0.25, 0.3) is 0 Å². The molecule has 0 radical (unpaired) electrons. The van der Waals surface area contributed by atoms with Crippen molar-refractivity contribution in [1.29, 1.82) is 0 Å². The van der Waals surface area contributed by atoms with E-state index >= 15 is 0 Å². The molecule has 4 heteroatoms. The van der Waals surface area contributed by atoms with Gasteiger partial charge in [0.1, 0.15) is 0 Å². The summed E-state index contributed by atoms with van der Waals surface area (Å²) in [6.45, 7) is 0.913. The first-order valence-corrected chi connectivity index (χ1v) is 7.93. The molecule has 1 saturated heterocycles. The van der Waals surface area contributed by atoms with Crippen molar-refractivity contribution in [2.24, 2.45) is 5.73 Å². The number of aliphatic hydroxyl groups excluding tert-OH is 1. The zero-order chi connectivity index (χ0) is 15.1. The van der Waals surface area contributed by atoms with Crippen LogP contribution in [-0.2, 0) is 11.2 Å². The van der Waals surface area contributed by atoms with Gasteiger partial charge in [0.05, 0.1) is 6.04 Å². The van der Waals surface area contributed by atoms with Gasteiger partial charge in [-0.25, -0.2) is 0 Å². The Balaban J connectivity index is 1.88. The summed E-state index contributed by atoms with van der Waals surface area (Å²) in [6, 6.07) is 9.85. The van der Waals surface area contributed by atoms with Crippen LogP contribution < -0.4 is 5.73 Å². The number of nitrogens with zero attached hydrogens (tertiary/aromatic N) is 1. The highest BCUT2D eigenvalue weighted by molar-refractivity contribution is 5.82. The first-order chi connectivity index (χ1) is 10.2. The Morgan fingerprint density at radius 3 is 2.81 bits per heavy atom. The number of carbonyl (C=O) groups excluding carboxylic acids is 1. The van der Waals surface area contributed by atoms with Gasteiger partial charge in [0.15, 0.2) is 0 Å². The van der Waals surface area contributed by atoms with E-state index in [1.54, 1.807) is 0 Å². The predicted molar refractivity (Wildman–Crippen MR) is 83.8 cm³/mol. The molecule has 1 aliphatic heterocycles. The van der Waals surface area contributed by atoms with E-state index in [-0.39, 0.29) is 18.6 Å². The summed E-state index contributed by atoms with van der Waals surface area (Å²) >= 11 is 0. The fourth-order valence-corrected chi connectivity index (χ4v) is 3.04. The van der Waals surface area contributed by atoms with Crippen molar-refractivity contribution in [2.45, 2.75) is 50.6 Å². The third-order valence-electron chi connectivity index (χ3n) is 4.28. The Morgan fingerprint density at radius 1 is 1.33 bits per heavy atom. The van der Waals surface area contributed by atoms with Crippen molar-refractivity contribution in [2.75, 3.05) is 13.2 Å². The molecule has 1 unspecified atom stereocenters. The van der Waals surface area contributed by atoms with Gasteiger partial charge in [0.25, 0.3) is 0 Å². The molecule has 1 aromatic carbocycles. The lowest BCUT2D eigenvalue weighted by atomic mass is 9.97. The topological polar surface area (TPSA) is 66.6 Å². The normalized spacial score (nSPS) is 20.3. The van der Waals surface area contributed by atoms with Crippen LogP contribution in [0.2, 0.25) is 0 Å². The van der Waals surface area contributed by atoms with E-state index in [4.69, 9.17) is 10.8 Å². The molecule has 0 bridgehead atoms. The molecule has 2 atom stereocenters. The lowest BCUT2D eigenvalue weighted by molar-refractivity contribution is -0.136. The van der Waals surface area contributed by atoms with Crippen LogP contribution in [0.3, 0.4) is 0 Å². The standard InChI is InChI=1S/C17H26N2O2/c18-16(10-9-14-6-2-1-3-7-14)17(21)19-12-5-4-8-15(19)11-13-20/h1-3,6-7,15-16,20H,4-5,8-13,18H2/t15?,16-/m0/s1. The number of benzene rings is 1. The Labute approximate surface area is 126 Å². The third kappa shape index (κ3) is 4.55. The van der Waals surface area contributed by atoms with Crippen LogP contribution in [0.15, 0.2) is 30.3 Å². The smallest absolute Gasteiger partial charge is 0.239 e. The maximum atomic E-state index is 12.5. The third-order valence-corrected chi connectivity index (χ3v) is 4.28. The first kappa shape index (κ1) is 16.0. The number of aryl methyl sites for hydroxylation is 1. The average Bonchev–Trinajstić information content (AvgIpc) is 2.54. The number of aliphatic hydroxyl groups is 1. The zero-order valence-corrected chi connectivity index (χ0v) is 12.6. The van der Waals surface area contributed by atoms with E-state index < -0.39 is 6.04 Å². The van der Waals surface area contributed by atoms with Crippen LogP contribution in [0.1, 0.15) is 37.7 Å². The fraction of sp³-hybridized carbons (Fsp3) is 0.588. The molecule has 21 heavy (non-hydrogen) atoms. The summed E-state index contributed by atoms with van der Waals surface area (Å²) in [5.41, 5.74) is 7.31. The molecule has 0 aliphatic carbocycles. The molecule has 1 fully saturated rings. The van der Waals surface area contributed by atoms with Crippen molar-refractivity contribution >= 4 is 5.91 Å².